The number of amidine groups is 1. The van der Waals surface area contributed by atoms with Crippen molar-refractivity contribution in [2.75, 3.05) is 4.90 Å². The molecule has 5 rings (SSSR count). The van der Waals surface area contributed by atoms with Crippen LogP contribution in [0.25, 0.3) is 11.8 Å². The Bertz CT molecular complexity index is 1860. The van der Waals surface area contributed by atoms with Gasteiger partial charge in [0.1, 0.15) is 5.69 Å². The fourth-order valence-electron chi connectivity index (χ4n) is 4.22. The van der Waals surface area contributed by atoms with Crippen molar-refractivity contribution in [3.05, 3.63) is 131 Å². The summed E-state index contributed by atoms with van der Waals surface area (Å²) in [5, 5.41) is 30.4. The Hall–Kier alpha value is -5.63. The number of hydrogen-bond acceptors (Lipinski definition) is 9. The van der Waals surface area contributed by atoms with Crippen molar-refractivity contribution in [2.45, 2.75) is 6.92 Å². The minimum absolute atomic E-state index is 0.0724. The summed E-state index contributed by atoms with van der Waals surface area (Å²) in [5.41, 5.74) is 1.67. The number of nitro benzene ring substituents is 2. The van der Waals surface area contributed by atoms with Gasteiger partial charge in [0.15, 0.2) is 0 Å². The van der Waals surface area contributed by atoms with E-state index >= 15 is 0 Å². The van der Waals surface area contributed by atoms with Gasteiger partial charge in [-0.05, 0) is 72.3 Å². The number of hydrogen-bond donors (Lipinski definition) is 0. The summed E-state index contributed by atoms with van der Waals surface area (Å²) in [6.07, 6.45) is 2.93. The molecule has 1 saturated heterocycles. The first-order valence-electron chi connectivity index (χ1n) is 12.3. The van der Waals surface area contributed by atoms with Crippen LogP contribution in [0.5, 0.6) is 0 Å². The molecule has 1 aliphatic heterocycles. The number of para-hydroxylation sites is 1. The van der Waals surface area contributed by atoms with E-state index in [0.717, 1.165) is 11.8 Å². The second kappa shape index (κ2) is 11.5. The molecule has 42 heavy (non-hydrogen) atoms. The van der Waals surface area contributed by atoms with Gasteiger partial charge in [-0.1, -0.05) is 18.2 Å². The van der Waals surface area contributed by atoms with Gasteiger partial charge in [0.25, 0.3) is 22.8 Å². The molecule has 210 valence electrons. The van der Waals surface area contributed by atoms with Crippen LogP contribution in [0, 0.1) is 27.2 Å². The highest BCUT2D eigenvalue weighted by molar-refractivity contribution is 8.19. The number of anilines is 1. The molecule has 0 N–H and O–H groups in total. The molecule has 1 aromatic heterocycles. The molecule has 14 heteroatoms. The SMILES string of the molecule is Cc1c(N2C(=O)/C(=C\c3ccc([N+](=O)[O-])cc3)SC2=NN=Cc2ccc([N+](=O)[O-])cc2)c(=O)n(-c2ccccc2)n1C. The Morgan fingerprint density at radius 1 is 0.833 bits per heavy atom. The maximum Gasteiger partial charge on any atom is 0.296 e. The van der Waals surface area contributed by atoms with E-state index in [9.17, 15) is 29.8 Å². The van der Waals surface area contributed by atoms with Crippen LogP contribution in [0.15, 0.2) is 98.8 Å². The number of non-ortho nitro benzene ring substituents is 2. The highest BCUT2D eigenvalue weighted by atomic mass is 32.2. The zero-order valence-electron chi connectivity index (χ0n) is 22.1. The molecular formula is C28H21N7O6S. The van der Waals surface area contributed by atoms with Crippen LogP contribution in [0.3, 0.4) is 0 Å². The van der Waals surface area contributed by atoms with Crippen LogP contribution in [0.2, 0.25) is 0 Å². The average Bonchev–Trinajstić information content (AvgIpc) is 3.39. The smallest absolute Gasteiger partial charge is 0.283 e. The van der Waals surface area contributed by atoms with Crippen LogP contribution in [-0.2, 0) is 11.8 Å². The summed E-state index contributed by atoms with van der Waals surface area (Å²) in [7, 11) is 1.71. The van der Waals surface area contributed by atoms with Crippen molar-refractivity contribution in [1.82, 2.24) is 9.36 Å². The number of thioether (sulfide) groups is 1. The standard InChI is InChI=1S/C28H21N7O6S/c1-18-25(27(37)33(31(18)2)21-6-4-3-5-7-21)32-26(36)24(16-19-8-12-22(13-9-19)34(38)39)42-28(32)30-29-17-20-10-14-23(15-11-20)35(40)41/h3-17H,1-2H3/b24-16+,29-17?,30-28?. The third-order valence-electron chi connectivity index (χ3n) is 6.41. The zero-order valence-corrected chi connectivity index (χ0v) is 23.0. The number of rotatable bonds is 7. The molecule has 0 radical (unpaired) electrons. The predicted molar refractivity (Wildman–Crippen MR) is 160 cm³/mol. The van der Waals surface area contributed by atoms with Crippen LogP contribution in [0.4, 0.5) is 17.1 Å². The Labute approximate surface area is 242 Å². The van der Waals surface area contributed by atoms with Gasteiger partial charge >= 0.3 is 0 Å². The first-order chi connectivity index (χ1) is 20.2. The van der Waals surface area contributed by atoms with Gasteiger partial charge in [0.05, 0.1) is 32.3 Å². The summed E-state index contributed by atoms with van der Waals surface area (Å²) in [4.78, 5) is 49.9. The van der Waals surface area contributed by atoms with Crippen LogP contribution >= 0.6 is 11.8 Å². The van der Waals surface area contributed by atoms with Gasteiger partial charge < -0.3 is 0 Å². The number of carbonyl (C=O) groups excluding carboxylic acids is 1. The lowest BCUT2D eigenvalue weighted by molar-refractivity contribution is -0.385. The van der Waals surface area contributed by atoms with Crippen LogP contribution in [-0.4, -0.2) is 36.5 Å². The predicted octanol–water partition coefficient (Wildman–Crippen LogP) is 4.81. The fraction of sp³-hybridized carbons (Fsp3) is 0.0714. The second-order valence-electron chi connectivity index (χ2n) is 8.99. The van der Waals surface area contributed by atoms with E-state index in [4.69, 9.17) is 0 Å². The van der Waals surface area contributed by atoms with E-state index in [1.54, 1.807) is 49.0 Å². The maximum absolute atomic E-state index is 13.8. The Morgan fingerprint density at radius 3 is 1.98 bits per heavy atom. The molecule has 2 heterocycles. The lowest BCUT2D eigenvalue weighted by atomic mass is 10.2. The van der Waals surface area contributed by atoms with Gasteiger partial charge in [-0.25, -0.2) is 9.58 Å². The number of benzene rings is 3. The minimum atomic E-state index is -0.520. The van der Waals surface area contributed by atoms with E-state index in [2.05, 4.69) is 10.2 Å². The highest BCUT2D eigenvalue weighted by Crippen LogP contribution is 2.36. The van der Waals surface area contributed by atoms with Crippen molar-refractivity contribution < 1.29 is 14.6 Å². The number of carbonyl (C=O) groups is 1. The van der Waals surface area contributed by atoms with Gasteiger partial charge in [-0.2, -0.15) is 5.10 Å². The monoisotopic (exact) mass is 583 g/mol. The van der Waals surface area contributed by atoms with Crippen molar-refractivity contribution >= 4 is 52.2 Å². The Balaban J connectivity index is 1.58. The molecule has 0 unspecified atom stereocenters. The summed E-state index contributed by atoms with van der Waals surface area (Å²) in [5.74, 6) is -0.520. The van der Waals surface area contributed by atoms with E-state index in [1.807, 2.05) is 6.07 Å². The summed E-state index contributed by atoms with van der Waals surface area (Å²) in [6, 6.07) is 20.3. The molecule has 1 aliphatic rings. The van der Waals surface area contributed by atoms with Crippen molar-refractivity contribution in [2.24, 2.45) is 17.3 Å². The molecule has 0 spiro atoms. The molecular weight excluding hydrogens is 562 g/mol. The fourth-order valence-corrected chi connectivity index (χ4v) is 5.14. The average molecular weight is 584 g/mol. The largest absolute Gasteiger partial charge is 0.296 e. The van der Waals surface area contributed by atoms with E-state index in [0.29, 0.717) is 22.5 Å². The summed E-state index contributed by atoms with van der Waals surface area (Å²) >= 11 is 0.990. The molecule has 1 amide bonds. The second-order valence-corrected chi connectivity index (χ2v) is 9.99. The van der Waals surface area contributed by atoms with Crippen LogP contribution < -0.4 is 10.5 Å². The lowest BCUT2D eigenvalue weighted by Gasteiger charge is -2.12. The molecule has 3 aromatic carbocycles. The molecule has 1 fully saturated rings. The first kappa shape index (κ1) is 27.9. The van der Waals surface area contributed by atoms with Gasteiger partial charge in [-0.3, -0.25) is 34.5 Å². The minimum Gasteiger partial charge on any atom is -0.283 e. The number of nitrogens with zero attached hydrogens (tertiary/aromatic N) is 7. The molecule has 0 saturated carbocycles. The normalized spacial score (nSPS) is 15.3. The van der Waals surface area contributed by atoms with Gasteiger partial charge in [0, 0.05) is 31.3 Å². The number of aromatic nitrogens is 2. The topological polar surface area (TPSA) is 158 Å². The lowest BCUT2D eigenvalue weighted by Crippen LogP contribution is -2.33. The van der Waals surface area contributed by atoms with E-state index in [1.165, 1.54) is 64.3 Å². The number of nitro groups is 2. The van der Waals surface area contributed by atoms with Crippen LogP contribution in [0.1, 0.15) is 16.8 Å². The van der Waals surface area contributed by atoms with E-state index in [-0.39, 0.29) is 27.1 Å². The Kier molecular flexibility index (Phi) is 7.62. The molecule has 0 aliphatic carbocycles. The van der Waals surface area contributed by atoms with E-state index < -0.39 is 21.3 Å². The summed E-state index contributed by atoms with van der Waals surface area (Å²) in [6.45, 7) is 1.71. The maximum atomic E-state index is 13.8. The van der Waals surface area contributed by atoms with Crippen molar-refractivity contribution in [3.63, 3.8) is 0 Å². The Morgan fingerprint density at radius 2 is 1.40 bits per heavy atom. The molecule has 0 atom stereocenters. The third-order valence-corrected chi connectivity index (χ3v) is 7.37. The van der Waals surface area contributed by atoms with Crippen molar-refractivity contribution in [3.8, 4) is 5.69 Å². The highest BCUT2D eigenvalue weighted by Gasteiger charge is 2.39. The van der Waals surface area contributed by atoms with Gasteiger partial charge in [-0.15, -0.1) is 5.10 Å². The first-order valence-corrected chi connectivity index (χ1v) is 13.2. The van der Waals surface area contributed by atoms with Crippen molar-refractivity contribution in [1.29, 1.82) is 0 Å². The third kappa shape index (κ3) is 5.38. The quantitative estimate of drug-likeness (QED) is 0.131. The number of amides is 1. The molecule has 13 nitrogen and oxygen atoms in total. The molecule has 4 aromatic rings. The zero-order chi connectivity index (χ0) is 30.0. The summed E-state index contributed by atoms with van der Waals surface area (Å²) < 4.78 is 3.08. The molecule has 0 bridgehead atoms. The van der Waals surface area contributed by atoms with Gasteiger partial charge in [0.2, 0.25) is 5.17 Å².